The van der Waals surface area contributed by atoms with Crippen molar-refractivity contribution in [2.45, 2.75) is 13.3 Å². The van der Waals surface area contributed by atoms with Gasteiger partial charge >= 0.3 is 5.97 Å². The first kappa shape index (κ1) is 16.9. The van der Waals surface area contributed by atoms with Crippen LogP contribution in [0.4, 0.5) is 5.69 Å². The summed E-state index contributed by atoms with van der Waals surface area (Å²) >= 11 is 0. The van der Waals surface area contributed by atoms with E-state index in [4.69, 9.17) is 4.74 Å². The molecule has 3 aliphatic rings. The summed E-state index contributed by atoms with van der Waals surface area (Å²) in [6.45, 7) is 1.94. The fourth-order valence-electron chi connectivity index (χ4n) is 4.72. The number of carbonyl (C=O) groups is 3. The van der Waals surface area contributed by atoms with Gasteiger partial charge in [0.25, 0.3) is 0 Å². The maximum Gasteiger partial charge on any atom is 0.343 e. The lowest BCUT2D eigenvalue weighted by atomic mass is 9.85. The van der Waals surface area contributed by atoms with Gasteiger partial charge in [0.1, 0.15) is 0 Å². The van der Waals surface area contributed by atoms with Crippen molar-refractivity contribution < 1.29 is 19.1 Å². The van der Waals surface area contributed by atoms with Crippen molar-refractivity contribution >= 4 is 23.5 Å². The van der Waals surface area contributed by atoms with Crippen molar-refractivity contribution in [3.8, 4) is 5.75 Å². The molecule has 5 rings (SSSR count). The fourth-order valence-corrected chi connectivity index (χ4v) is 4.72. The van der Waals surface area contributed by atoms with E-state index in [0.717, 1.165) is 12.0 Å². The molecule has 5 nitrogen and oxygen atoms in total. The molecule has 28 heavy (non-hydrogen) atoms. The molecule has 1 saturated heterocycles. The molecule has 0 unspecified atom stereocenters. The first-order chi connectivity index (χ1) is 13.5. The summed E-state index contributed by atoms with van der Waals surface area (Å²) < 4.78 is 5.57. The summed E-state index contributed by atoms with van der Waals surface area (Å²) in [6.07, 6.45) is 5.00. The van der Waals surface area contributed by atoms with Gasteiger partial charge in [0, 0.05) is 0 Å². The molecule has 2 bridgehead atoms. The van der Waals surface area contributed by atoms with E-state index >= 15 is 0 Å². The summed E-state index contributed by atoms with van der Waals surface area (Å²) in [5.41, 5.74) is 1.80. The van der Waals surface area contributed by atoms with Crippen LogP contribution in [0.2, 0.25) is 0 Å². The highest BCUT2D eigenvalue weighted by Crippen LogP contribution is 2.53. The number of rotatable bonds is 3. The van der Waals surface area contributed by atoms with Crippen molar-refractivity contribution in [3.63, 3.8) is 0 Å². The third-order valence-electron chi connectivity index (χ3n) is 6.07. The molecule has 2 aromatic carbocycles. The molecule has 0 aromatic heterocycles. The number of ether oxygens (including phenoxy) is 1. The third-order valence-corrected chi connectivity index (χ3v) is 6.07. The van der Waals surface area contributed by atoms with Gasteiger partial charge in [-0.25, -0.2) is 9.69 Å². The van der Waals surface area contributed by atoms with Crippen LogP contribution in [0.15, 0.2) is 60.7 Å². The first-order valence-corrected chi connectivity index (χ1v) is 9.48. The average molecular weight is 373 g/mol. The number of amides is 2. The van der Waals surface area contributed by atoms with Crippen LogP contribution in [-0.2, 0) is 9.59 Å². The SMILES string of the molecule is Cc1ccc(C(=O)Oc2ccccc2N2C(=O)[C@@H]3[C@@H](C2=O)[C@H]2C=C[C@H]3C2)cc1. The van der Waals surface area contributed by atoms with E-state index in [0.29, 0.717) is 11.3 Å². The summed E-state index contributed by atoms with van der Waals surface area (Å²) in [4.78, 5) is 39.9. The molecule has 5 heteroatoms. The van der Waals surface area contributed by atoms with E-state index in [1.165, 1.54) is 4.90 Å². The molecule has 4 atom stereocenters. The Morgan fingerprint density at radius 1 is 0.929 bits per heavy atom. The quantitative estimate of drug-likeness (QED) is 0.357. The number of nitrogens with zero attached hydrogens (tertiary/aromatic N) is 1. The predicted octanol–water partition coefficient (Wildman–Crippen LogP) is 3.53. The summed E-state index contributed by atoms with van der Waals surface area (Å²) in [5, 5.41) is 0. The number of anilines is 1. The molecular formula is C23H19NO4. The smallest absolute Gasteiger partial charge is 0.343 e. The van der Waals surface area contributed by atoms with Crippen LogP contribution < -0.4 is 9.64 Å². The molecule has 1 saturated carbocycles. The summed E-state index contributed by atoms with van der Waals surface area (Å²) in [7, 11) is 0. The topological polar surface area (TPSA) is 63.7 Å². The highest BCUT2D eigenvalue weighted by atomic mass is 16.5. The second kappa shape index (κ2) is 6.16. The molecule has 0 radical (unpaired) electrons. The van der Waals surface area contributed by atoms with Gasteiger partial charge in [0.15, 0.2) is 5.75 Å². The number of imide groups is 1. The molecule has 0 N–H and O–H groups in total. The lowest BCUT2D eigenvalue weighted by molar-refractivity contribution is -0.123. The van der Waals surface area contributed by atoms with Gasteiger partial charge in [-0.15, -0.1) is 0 Å². The van der Waals surface area contributed by atoms with Crippen molar-refractivity contribution in [2.24, 2.45) is 23.7 Å². The Balaban J connectivity index is 1.46. The Bertz CT molecular complexity index is 993. The minimum Gasteiger partial charge on any atom is -0.421 e. The molecule has 2 aliphatic carbocycles. The second-order valence-corrected chi connectivity index (χ2v) is 7.74. The average Bonchev–Trinajstić information content (AvgIpc) is 3.37. The van der Waals surface area contributed by atoms with Crippen molar-refractivity contribution in [1.29, 1.82) is 0 Å². The zero-order chi connectivity index (χ0) is 19.4. The zero-order valence-corrected chi connectivity index (χ0v) is 15.4. The molecule has 1 heterocycles. The molecular weight excluding hydrogens is 354 g/mol. The van der Waals surface area contributed by atoms with E-state index in [9.17, 15) is 14.4 Å². The molecule has 2 amide bonds. The number of carbonyl (C=O) groups excluding carboxylic acids is 3. The number of fused-ring (bicyclic) bond motifs is 5. The molecule has 2 aromatic rings. The number of hydrogen-bond donors (Lipinski definition) is 0. The van der Waals surface area contributed by atoms with Gasteiger partial charge in [0.05, 0.1) is 23.1 Å². The Labute approximate surface area is 162 Å². The van der Waals surface area contributed by atoms with E-state index in [1.807, 2.05) is 19.1 Å². The van der Waals surface area contributed by atoms with Gasteiger partial charge in [-0.05, 0) is 49.4 Å². The number of esters is 1. The van der Waals surface area contributed by atoms with Gasteiger partial charge in [0.2, 0.25) is 11.8 Å². The van der Waals surface area contributed by atoms with Crippen LogP contribution >= 0.6 is 0 Å². The van der Waals surface area contributed by atoms with Crippen molar-refractivity contribution in [1.82, 2.24) is 0 Å². The number of aryl methyl sites for hydroxylation is 1. The third kappa shape index (κ3) is 2.43. The fraction of sp³-hybridized carbons (Fsp3) is 0.261. The largest absolute Gasteiger partial charge is 0.421 e. The molecule has 2 fully saturated rings. The Morgan fingerprint density at radius 3 is 2.18 bits per heavy atom. The first-order valence-electron chi connectivity index (χ1n) is 9.48. The van der Waals surface area contributed by atoms with Crippen LogP contribution in [0, 0.1) is 30.6 Å². The minimum atomic E-state index is -0.520. The van der Waals surface area contributed by atoms with Crippen LogP contribution in [0.25, 0.3) is 0 Å². The number of hydrogen-bond acceptors (Lipinski definition) is 4. The maximum atomic E-state index is 13.1. The van der Waals surface area contributed by atoms with E-state index in [-0.39, 0.29) is 41.2 Å². The van der Waals surface area contributed by atoms with Crippen LogP contribution in [0.1, 0.15) is 22.3 Å². The Kier molecular flexibility index (Phi) is 3.72. The molecule has 1 aliphatic heterocycles. The van der Waals surface area contributed by atoms with E-state index in [2.05, 4.69) is 12.2 Å². The Hall–Kier alpha value is -3.21. The van der Waals surface area contributed by atoms with Gasteiger partial charge in [-0.2, -0.15) is 0 Å². The highest BCUT2D eigenvalue weighted by molar-refractivity contribution is 6.23. The van der Waals surface area contributed by atoms with Gasteiger partial charge in [-0.1, -0.05) is 42.0 Å². The summed E-state index contributed by atoms with van der Waals surface area (Å²) in [6, 6.07) is 13.8. The van der Waals surface area contributed by atoms with E-state index < -0.39 is 5.97 Å². The second-order valence-electron chi connectivity index (χ2n) is 7.74. The van der Waals surface area contributed by atoms with Crippen molar-refractivity contribution in [3.05, 3.63) is 71.8 Å². The molecule has 0 spiro atoms. The van der Waals surface area contributed by atoms with Gasteiger partial charge < -0.3 is 4.74 Å². The van der Waals surface area contributed by atoms with Crippen LogP contribution in [-0.4, -0.2) is 17.8 Å². The number of benzene rings is 2. The predicted molar refractivity (Wildman–Crippen MR) is 103 cm³/mol. The van der Waals surface area contributed by atoms with Crippen LogP contribution in [0.5, 0.6) is 5.75 Å². The van der Waals surface area contributed by atoms with Gasteiger partial charge in [-0.3, -0.25) is 9.59 Å². The zero-order valence-electron chi connectivity index (χ0n) is 15.4. The minimum absolute atomic E-state index is 0.138. The standard InChI is InChI=1S/C23H19NO4/c1-13-6-8-14(9-7-13)23(27)28-18-5-3-2-4-17(18)24-21(25)19-15-10-11-16(12-15)20(19)22(24)26/h2-11,15-16,19-20H,12H2,1H3/t15-,16-,19-,20-/m0/s1. The van der Waals surface area contributed by atoms with Crippen LogP contribution in [0.3, 0.4) is 0 Å². The lowest BCUT2D eigenvalue weighted by Gasteiger charge is -2.20. The summed E-state index contributed by atoms with van der Waals surface area (Å²) in [5.74, 6) is -0.982. The van der Waals surface area contributed by atoms with E-state index in [1.54, 1.807) is 36.4 Å². The Morgan fingerprint density at radius 2 is 1.54 bits per heavy atom. The number of para-hydroxylation sites is 2. The lowest BCUT2D eigenvalue weighted by Crippen LogP contribution is -2.33. The normalized spacial score (nSPS) is 27.4. The number of allylic oxidation sites excluding steroid dienone is 2. The van der Waals surface area contributed by atoms with Crippen molar-refractivity contribution in [2.75, 3.05) is 4.90 Å². The molecule has 140 valence electrons. The highest BCUT2D eigenvalue weighted by Gasteiger charge is 2.59. The monoisotopic (exact) mass is 373 g/mol. The maximum absolute atomic E-state index is 13.1.